The Hall–Kier alpha value is -0.650. The lowest BCUT2D eigenvalue weighted by atomic mass is 10.1. The van der Waals surface area contributed by atoms with Crippen LogP contribution in [0.5, 0.6) is 0 Å². The first-order valence-corrected chi connectivity index (χ1v) is 7.61. The van der Waals surface area contributed by atoms with Crippen molar-refractivity contribution in [3.05, 3.63) is 0 Å². The lowest BCUT2D eigenvalue weighted by Gasteiger charge is -2.36. The fraction of sp³-hybridized carbons (Fsp3) is 0.929. The fourth-order valence-corrected chi connectivity index (χ4v) is 2.91. The summed E-state index contributed by atoms with van der Waals surface area (Å²) in [6, 6.07) is 0.527. The second-order valence-electron chi connectivity index (χ2n) is 5.46. The summed E-state index contributed by atoms with van der Waals surface area (Å²) in [6.07, 6.45) is 3.53. The summed E-state index contributed by atoms with van der Waals surface area (Å²) in [5.41, 5.74) is 0. The number of ether oxygens (including phenoxy) is 1. The van der Waals surface area contributed by atoms with Gasteiger partial charge in [-0.25, -0.2) is 0 Å². The molecule has 5 heteroatoms. The SMILES string of the molecule is CCCN(CC(=O)N1CCOCC1)C1CCCNC1. The predicted octanol–water partition coefficient (Wildman–Crippen LogP) is 0.309. The van der Waals surface area contributed by atoms with Crippen LogP contribution in [0.3, 0.4) is 0 Å². The van der Waals surface area contributed by atoms with Gasteiger partial charge < -0.3 is 15.0 Å². The molecule has 1 N–H and O–H groups in total. The molecule has 0 aromatic carbocycles. The molecule has 0 bridgehead atoms. The number of piperidine rings is 1. The summed E-state index contributed by atoms with van der Waals surface area (Å²) in [7, 11) is 0. The van der Waals surface area contributed by atoms with Crippen LogP contribution in [0.4, 0.5) is 0 Å². The molecule has 0 aliphatic carbocycles. The van der Waals surface area contributed by atoms with Crippen molar-refractivity contribution in [2.75, 3.05) is 52.5 Å². The first kappa shape index (κ1) is 14.8. The largest absolute Gasteiger partial charge is 0.378 e. The van der Waals surface area contributed by atoms with E-state index in [9.17, 15) is 4.79 Å². The van der Waals surface area contributed by atoms with Gasteiger partial charge in [-0.3, -0.25) is 9.69 Å². The normalized spacial score (nSPS) is 24.7. The van der Waals surface area contributed by atoms with Crippen molar-refractivity contribution >= 4 is 5.91 Å². The molecule has 110 valence electrons. The summed E-state index contributed by atoms with van der Waals surface area (Å²) in [5.74, 6) is 0.266. The average Bonchev–Trinajstić information content (AvgIpc) is 2.48. The van der Waals surface area contributed by atoms with Crippen LogP contribution in [0.25, 0.3) is 0 Å². The summed E-state index contributed by atoms with van der Waals surface area (Å²) >= 11 is 0. The molecular formula is C14H27N3O2. The number of hydrogen-bond donors (Lipinski definition) is 1. The molecule has 2 aliphatic rings. The fourth-order valence-electron chi connectivity index (χ4n) is 2.91. The maximum Gasteiger partial charge on any atom is 0.236 e. The van der Waals surface area contributed by atoms with E-state index < -0.39 is 0 Å². The van der Waals surface area contributed by atoms with E-state index >= 15 is 0 Å². The minimum Gasteiger partial charge on any atom is -0.378 e. The molecule has 2 saturated heterocycles. The quantitative estimate of drug-likeness (QED) is 0.780. The van der Waals surface area contributed by atoms with Crippen LogP contribution in [-0.4, -0.2) is 74.2 Å². The Morgan fingerprint density at radius 2 is 2.21 bits per heavy atom. The number of carbonyl (C=O) groups is 1. The van der Waals surface area contributed by atoms with Gasteiger partial charge in [-0.15, -0.1) is 0 Å². The average molecular weight is 269 g/mol. The molecule has 0 radical (unpaired) electrons. The van der Waals surface area contributed by atoms with Gasteiger partial charge in [0.2, 0.25) is 5.91 Å². The zero-order valence-corrected chi connectivity index (χ0v) is 12.1. The number of rotatable bonds is 5. The van der Waals surface area contributed by atoms with Gasteiger partial charge in [-0.1, -0.05) is 6.92 Å². The van der Waals surface area contributed by atoms with Gasteiger partial charge in [0.25, 0.3) is 0 Å². The Morgan fingerprint density at radius 3 is 2.84 bits per heavy atom. The lowest BCUT2D eigenvalue weighted by Crippen LogP contribution is -2.51. The molecule has 0 saturated carbocycles. The molecule has 0 aromatic rings. The lowest BCUT2D eigenvalue weighted by molar-refractivity contribution is -0.137. The number of carbonyl (C=O) groups excluding carboxylic acids is 1. The van der Waals surface area contributed by atoms with Gasteiger partial charge in [-0.2, -0.15) is 0 Å². The van der Waals surface area contributed by atoms with Crippen LogP contribution < -0.4 is 5.32 Å². The van der Waals surface area contributed by atoms with Gasteiger partial charge in [0.1, 0.15) is 0 Å². The van der Waals surface area contributed by atoms with Gasteiger partial charge >= 0.3 is 0 Å². The van der Waals surface area contributed by atoms with Gasteiger partial charge in [0, 0.05) is 25.7 Å². The summed E-state index contributed by atoms with van der Waals surface area (Å²) in [4.78, 5) is 16.6. The molecule has 1 atom stereocenters. The number of amides is 1. The van der Waals surface area contributed by atoms with E-state index in [0.717, 1.165) is 39.1 Å². The molecule has 2 aliphatic heterocycles. The second-order valence-corrected chi connectivity index (χ2v) is 5.46. The molecule has 2 heterocycles. The molecule has 1 amide bonds. The molecule has 19 heavy (non-hydrogen) atoms. The summed E-state index contributed by atoms with van der Waals surface area (Å²) in [5, 5.41) is 3.44. The Labute approximate surface area is 116 Å². The standard InChI is InChI=1S/C14H27N3O2/c1-2-6-17(13-4-3-5-15-11-13)12-14(18)16-7-9-19-10-8-16/h13,15H,2-12H2,1H3. The molecule has 1 unspecified atom stereocenters. The maximum atomic E-state index is 12.3. The highest BCUT2D eigenvalue weighted by Gasteiger charge is 2.25. The van der Waals surface area contributed by atoms with Crippen LogP contribution in [0, 0.1) is 0 Å². The van der Waals surface area contributed by atoms with Crippen molar-refractivity contribution in [1.82, 2.24) is 15.1 Å². The highest BCUT2D eigenvalue weighted by molar-refractivity contribution is 5.78. The van der Waals surface area contributed by atoms with E-state index in [2.05, 4.69) is 17.1 Å². The van der Waals surface area contributed by atoms with E-state index in [0.29, 0.717) is 25.8 Å². The van der Waals surface area contributed by atoms with Crippen LogP contribution >= 0.6 is 0 Å². The Balaban J connectivity index is 1.85. The van der Waals surface area contributed by atoms with Crippen LogP contribution in [0.15, 0.2) is 0 Å². The van der Waals surface area contributed by atoms with Crippen LogP contribution in [0.2, 0.25) is 0 Å². The molecule has 0 spiro atoms. The third-order valence-corrected chi connectivity index (χ3v) is 4.00. The van der Waals surface area contributed by atoms with Crippen LogP contribution in [0.1, 0.15) is 26.2 Å². The number of morpholine rings is 1. The van der Waals surface area contributed by atoms with Gasteiger partial charge in [0.15, 0.2) is 0 Å². The third-order valence-electron chi connectivity index (χ3n) is 4.00. The minimum absolute atomic E-state index is 0.266. The van der Waals surface area contributed by atoms with E-state index in [1.807, 2.05) is 4.90 Å². The summed E-state index contributed by atoms with van der Waals surface area (Å²) in [6.45, 7) is 8.79. The Bertz CT molecular complexity index is 274. The maximum absolute atomic E-state index is 12.3. The topological polar surface area (TPSA) is 44.8 Å². The van der Waals surface area contributed by atoms with E-state index in [1.165, 1.54) is 12.8 Å². The van der Waals surface area contributed by atoms with Crippen molar-refractivity contribution in [3.8, 4) is 0 Å². The van der Waals surface area contributed by atoms with Crippen molar-refractivity contribution in [2.24, 2.45) is 0 Å². The highest BCUT2D eigenvalue weighted by atomic mass is 16.5. The Morgan fingerprint density at radius 1 is 1.42 bits per heavy atom. The molecule has 0 aromatic heterocycles. The molecular weight excluding hydrogens is 242 g/mol. The van der Waals surface area contributed by atoms with Crippen molar-refractivity contribution in [1.29, 1.82) is 0 Å². The number of nitrogens with one attached hydrogen (secondary N) is 1. The molecule has 2 rings (SSSR count). The third kappa shape index (κ3) is 4.44. The van der Waals surface area contributed by atoms with Gasteiger partial charge in [-0.05, 0) is 32.4 Å². The zero-order chi connectivity index (χ0) is 13.5. The zero-order valence-electron chi connectivity index (χ0n) is 12.1. The van der Waals surface area contributed by atoms with Crippen molar-refractivity contribution < 1.29 is 9.53 Å². The number of nitrogens with zero attached hydrogens (tertiary/aromatic N) is 2. The smallest absolute Gasteiger partial charge is 0.236 e. The molecule has 5 nitrogen and oxygen atoms in total. The minimum atomic E-state index is 0.266. The Kier molecular flexibility index (Phi) is 6.07. The second kappa shape index (κ2) is 7.82. The van der Waals surface area contributed by atoms with Crippen molar-refractivity contribution in [2.45, 2.75) is 32.2 Å². The van der Waals surface area contributed by atoms with E-state index in [4.69, 9.17) is 4.74 Å². The molecule has 2 fully saturated rings. The first-order valence-electron chi connectivity index (χ1n) is 7.61. The first-order chi connectivity index (χ1) is 9.31. The highest BCUT2D eigenvalue weighted by Crippen LogP contribution is 2.11. The predicted molar refractivity (Wildman–Crippen MR) is 75.2 cm³/mol. The summed E-state index contributed by atoms with van der Waals surface area (Å²) < 4.78 is 5.30. The van der Waals surface area contributed by atoms with Crippen molar-refractivity contribution in [3.63, 3.8) is 0 Å². The van der Waals surface area contributed by atoms with E-state index in [1.54, 1.807) is 0 Å². The van der Waals surface area contributed by atoms with E-state index in [-0.39, 0.29) is 5.91 Å². The van der Waals surface area contributed by atoms with Crippen LogP contribution in [-0.2, 0) is 9.53 Å². The monoisotopic (exact) mass is 269 g/mol. The number of hydrogen-bond acceptors (Lipinski definition) is 4. The van der Waals surface area contributed by atoms with Gasteiger partial charge in [0.05, 0.1) is 19.8 Å².